The van der Waals surface area contributed by atoms with Crippen molar-refractivity contribution in [3.8, 4) is 0 Å². The first-order chi connectivity index (χ1) is 8.70. The van der Waals surface area contributed by atoms with E-state index in [9.17, 15) is 0 Å². The maximum absolute atomic E-state index is 6.41. The van der Waals surface area contributed by atoms with Crippen LogP contribution in [0.4, 0.5) is 0 Å². The monoisotopic (exact) mass is 267 g/mol. The summed E-state index contributed by atoms with van der Waals surface area (Å²) in [7, 11) is 0. The van der Waals surface area contributed by atoms with Gasteiger partial charge in [-0.1, -0.05) is 43.5 Å². The largest absolute Gasteiger partial charge is 0.304 e. The lowest BCUT2D eigenvalue weighted by Gasteiger charge is -2.27. The number of hydrogen-bond donors (Lipinski definition) is 1. The van der Waals surface area contributed by atoms with E-state index in [1.165, 1.54) is 36.8 Å². The number of benzene rings is 1. The van der Waals surface area contributed by atoms with Crippen molar-refractivity contribution in [3.05, 3.63) is 34.3 Å². The average molecular weight is 268 g/mol. The van der Waals surface area contributed by atoms with Gasteiger partial charge in [0.05, 0.1) is 6.61 Å². The van der Waals surface area contributed by atoms with Gasteiger partial charge in [-0.3, -0.25) is 0 Å². The van der Waals surface area contributed by atoms with E-state index in [1.54, 1.807) is 0 Å². The zero-order valence-corrected chi connectivity index (χ0v) is 11.7. The summed E-state index contributed by atoms with van der Waals surface area (Å²) in [6.45, 7) is 2.88. The van der Waals surface area contributed by atoms with Crippen molar-refractivity contribution in [2.24, 2.45) is 11.8 Å². The summed E-state index contributed by atoms with van der Waals surface area (Å²) in [5.41, 5.74) is 2.51. The van der Waals surface area contributed by atoms with E-state index in [1.807, 2.05) is 0 Å². The Labute approximate surface area is 114 Å². The second-order valence-electron chi connectivity index (χ2n) is 5.43. The van der Waals surface area contributed by atoms with Crippen LogP contribution in [0.1, 0.15) is 49.7 Å². The summed E-state index contributed by atoms with van der Waals surface area (Å²) in [6.07, 6.45) is 6.00. The van der Waals surface area contributed by atoms with Gasteiger partial charge in [0.1, 0.15) is 0 Å². The van der Waals surface area contributed by atoms with Crippen molar-refractivity contribution in [2.75, 3.05) is 6.61 Å². The first kappa shape index (κ1) is 13.9. The summed E-state index contributed by atoms with van der Waals surface area (Å²) in [4.78, 5) is 4.60. The minimum absolute atomic E-state index is 0.538. The Morgan fingerprint density at radius 2 is 2.00 bits per heavy atom. The topological polar surface area (TPSA) is 35.2 Å². The maximum atomic E-state index is 6.41. The molecule has 0 aliphatic heterocycles. The molecule has 100 valence electrons. The highest BCUT2D eigenvalue weighted by molar-refractivity contribution is 6.31. The molecule has 1 fully saturated rings. The van der Waals surface area contributed by atoms with Crippen LogP contribution in [0.15, 0.2) is 18.2 Å². The van der Waals surface area contributed by atoms with Crippen molar-refractivity contribution >= 4 is 11.6 Å². The van der Waals surface area contributed by atoms with Crippen LogP contribution >= 0.6 is 11.6 Å². The van der Waals surface area contributed by atoms with Crippen LogP contribution in [0, 0.1) is 5.92 Å². The van der Waals surface area contributed by atoms with Crippen molar-refractivity contribution in [1.82, 2.24) is 0 Å². The molecule has 1 aliphatic rings. The SMILES string of the molecule is CC1CCC(c2ccc(CCON)cc2Cl)CC1. The molecule has 3 heteroatoms. The van der Waals surface area contributed by atoms with Crippen LogP contribution in [-0.2, 0) is 11.3 Å². The normalized spacial score (nSPS) is 24.2. The van der Waals surface area contributed by atoms with Crippen LogP contribution in [-0.4, -0.2) is 6.61 Å². The van der Waals surface area contributed by atoms with Crippen LogP contribution in [0.5, 0.6) is 0 Å². The molecule has 0 saturated heterocycles. The van der Waals surface area contributed by atoms with E-state index in [0.29, 0.717) is 12.5 Å². The minimum atomic E-state index is 0.538. The molecule has 0 amide bonds. The van der Waals surface area contributed by atoms with Gasteiger partial charge in [0, 0.05) is 5.02 Å². The second-order valence-corrected chi connectivity index (χ2v) is 5.84. The third-order valence-electron chi connectivity index (χ3n) is 4.03. The first-order valence-electron chi connectivity index (χ1n) is 6.80. The van der Waals surface area contributed by atoms with Crippen molar-refractivity contribution in [2.45, 2.75) is 44.9 Å². The maximum Gasteiger partial charge on any atom is 0.0719 e. The lowest BCUT2D eigenvalue weighted by Crippen LogP contribution is -2.11. The van der Waals surface area contributed by atoms with Gasteiger partial charge in [-0.15, -0.1) is 0 Å². The standard InChI is InChI=1S/C15H22ClNO/c1-11-2-5-13(6-3-11)14-7-4-12(8-9-18-17)10-15(14)16/h4,7,10-11,13H,2-3,5-6,8-9,17H2,1H3. The Balaban J connectivity index is 2.05. The molecule has 2 N–H and O–H groups in total. The van der Waals surface area contributed by atoms with Gasteiger partial charge in [-0.25, -0.2) is 5.90 Å². The predicted octanol–water partition coefficient (Wildman–Crippen LogP) is 4.07. The Bertz CT molecular complexity index is 386. The van der Waals surface area contributed by atoms with Crippen molar-refractivity contribution in [1.29, 1.82) is 0 Å². The predicted molar refractivity (Wildman–Crippen MR) is 75.7 cm³/mol. The summed E-state index contributed by atoms with van der Waals surface area (Å²) >= 11 is 6.41. The molecular formula is C15H22ClNO. The lowest BCUT2D eigenvalue weighted by molar-refractivity contribution is 0.141. The highest BCUT2D eigenvalue weighted by atomic mass is 35.5. The summed E-state index contributed by atoms with van der Waals surface area (Å²) in [5, 5.41) is 0.907. The molecule has 0 spiro atoms. The molecule has 2 nitrogen and oxygen atoms in total. The smallest absolute Gasteiger partial charge is 0.0719 e. The molecule has 18 heavy (non-hydrogen) atoms. The number of rotatable bonds is 4. The van der Waals surface area contributed by atoms with Crippen LogP contribution < -0.4 is 5.90 Å². The molecule has 0 atom stereocenters. The van der Waals surface area contributed by atoms with Crippen molar-refractivity contribution < 1.29 is 4.84 Å². The Kier molecular flexibility index (Phi) is 5.04. The second kappa shape index (κ2) is 6.55. The quantitative estimate of drug-likeness (QED) is 0.835. The van der Waals surface area contributed by atoms with Gasteiger partial charge in [0.15, 0.2) is 0 Å². The molecule has 2 rings (SSSR count). The fraction of sp³-hybridized carbons (Fsp3) is 0.600. The van der Waals surface area contributed by atoms with Crippen LogP contribution in [0.3, 0.4) is 0 Å². The van der Waals surface area contributed by atoms with Gasteiger partial charge in [-0.2, -0.15) is 0 Å². The molecule has 1 saturated carbocycles. The molecule has 0 unspecified atom stereocenters. The van der Waals surface area contributed by atoms with Gasteiger partial charge in [-0.05, 0) is 48.3 Å². The van der Waals surface area contributed by atoms with E-state index in [0.717, 1.165) is 17.4 Å². The molecule has 1 aliphatic carbocycles. The van der Waals surface area contributed by atoms with E-state index in [2.05, 4.69) is 30.0 Å². The lowest BCUT2D eigenvalue weighted by atomic mass is 9.79. The zero-order valence-electron chi connectivity index (χ0n) is 11.0. The zero-order chi connectivity index (χ0) is 13.0. The highest BCUT2D eigenvalue weighted by Gasteiger charge is 2.21. The van der Waals surface area contributed by atoms with Gasteiger partial charge >= 0.3 is 0 Å². The van der Waals surface area contributed by atoms with Crippen LogP contribution in [0.25, 0.3) is 0 Å². The van der Waals surface area contributed by atoms with Gasteiger partial charge < -0.3 is 4.84 Å². The fourth-order valence-electron chi connectivity index (χ4n) is 2.81. The Morgan fingerprint density at radius 1 is 1.28 bits per heavy atom. The highest BCUT2D eigenvalue weighted by Crippen LogP contribution is 2.38. The molecule has 0 bridgehead atoms. The summed E-state index contributed by atoms with van der Waals surface area (Å²) in [6, 6.07) is 6.40. The molecule has 1 aromatic rings. The minimum Gasteiger partial charge on any atom is -0.304 e. The molecule has 0 aromatic heterocycles. The van der Waals surface area contributed by atoms with E-state index in [4.69, 9.17) is 17.5 Å². The van der Waals surface area contributed by atoms with Gasteiger partial charge in [0.2, 0.25) is 0 Å². The number of nitrogens with two attached hydrogens (primary N) is 1. The molecule has 0 radical (unpaired) electrons. The van der Waals surface area contributed by atoms with E-state index in [-0.39, 0.29) is 0 Å². The fourth-order valence-corrected chi connectivity index (χ4v) is 3.16. The molecule has 0 heterocycles. The first-order valence-corrected chi connectivity index (χ1v) is 7.18. The molecular weight excluding hydrogens is 246 g/mol. The van der Waals surface area contributed by atoms with E-state index < -0.39 is 0 Å². The summed E-state index contributed by atoms with van der Waals surface area (Å²) < 4.78 is 0. The molecule has 1 aromatic carbocycles. The Hall–Kier alpha value is -0.570. The Morgan fingerprint density at radius 3 is 2.61 bits per heavy atom. The number of hydrogen-bond acceptors (Lipinski definition) is 2. The van der Waals surface area contributed by atoms with Gasteiger partial charge in [0.25, 0.3) is 0 Å². The number of halogens is 1. The average Bonchev–Trinajstić information content (AvgIpc) is 2.38. The third kappa shape index (κ3) is 3.47. The van der Waals surface area contributed by atoms with Crippen molar-refractivity contribution in [3.63, 3.8) is 0 Å². The third-order valence-corrected chi connectivity index (χ3v) is 4.36. The van der Waals surface area contributed by atoms with E-state index >= 15 is 0 Å². The van der Waals surface area contributed by atoms with Crippen LogP contribution in [0.2, 0.25) is 5.02 Å². The summed E-state index contributed by atoms with van der Waals surface area (Å²) in [5.74, 6) is 6.56.